The molecule has 1 aromatic carbocycles. The first-order valence-electron chi connectivity index (χ1n) is 16.1. The largest absolute Gasteiger partial charge is 1.00 e. The Bertz CT molecular complexity index is 1050. The third-order valence-electron chi connectivity index (χ3n) is 7.12. The maximum Gasteiger partial charge on any atom is 1.00 e. The molecular formula is C34H53NaO7S. The Labute approximate surface area is 283 Å². The summed E-state index contributed by atoms with van der Waals surface area (Å²) in [5.74, 6) is -1.95. The van der Waals surface area contributed by atoms with Gasteiger partial charge in [0.2, 0.25) is 0 Å². The second kappa shape index (κ2) is 26.9. The van der Waals surface area contributed by atoms with Gasteiger partial charge >= 0.3 is 41.5 Å². The fourth-order valence-corrected chi connectivity index (χ4v) is 5.37. The molecule has 0 spiro atoms. The van der Waals surface area contributed by atoms with Crippen molar-refractivity contribution in [3.8, 4) is 0 Å². The Morgan fingerprint density at radius 2 is 1.07 bits per heavy atom. The molecule has 0 aliphatic rings. The number of hydrogen-bond donors (Lipinski definition) is 0. The average Bonchev–Trinajstić information content (AvgIpc) is 2.97. The van der Waals surface area contributed by atoms with E-state index in [1.807, 2.05) is 12.2 Å². The smallest absolute Gasteiger partial charge is 0.744 e. The number of allylic oxidation sites excluding steroid dienone is 2. The number of rotatable bonds is 25. The topological polar surface area (TPSA) is 110 Å². The molecule has 0 amide bonds. The molecule has 0 heterocycles. The van der Waals surface area contributed by atoms with Crippen LogP contribution in [0.15, 0.2) is 47.4 Å². The molecule has 9 heteroatoms. The van der Waals surface area contributed by atoms with E-state index in [9.17, 15) is 22.6 Å². The van der Waals surface area contributed by atoms with E-state index in [0.717, 1.165) is 44.6 Å². The number of esters is 2. The van der Waals surface area contributed by atoms with Crippen molar-refractivity contribution < 1.29 is 61.6 Å². The van der Waals surface area contributed by atoms with Crippen molar-refractivity contribution in [3.05, 3.63) is 53.6 Å². The zero-order valence-corrected chi connectivity index (χ0v) is 29.8. The molecule has 0 aliphatic carbocycles. The number of carbonyl (C=O) groups is 2. The number of unbranched alkanes of at least 4 members (excludes halogenated alkanes) is 16. The van der Waals surface area contributed by atoms with Gasteiger partial charge in [0.1, 0.15) is 23.3 Å². The van der Waals surface area contributed by atoms with Crippen molar-refractivity contribution in [2.75, 3.05) is 13.2 Å². The zero-order valence-electron chi connectivity index (χ0n) is 26.9. The molecule has 1 aromatic rings. The number of hydrogen-bond acceptors (Lipinski definition) is 7. The summed E-state index contributed by atoms with van der Waals surface area (Å²) >= 11 is 0. The van der Waals surface area contributed by atoms with Crippen molar-refractivity contribution >= 4 is 22.1 Å². The van der Waals surface area contributed by atoms with E-state index in [1.54, 1.807) is 12.2 Å². The van der Waals surface area contributed by atoms with Gasteiger partial charge in [0.25, 0.3) is 0 Å². The van der Waals surface area contributed by atoms with Gasteiger partial charge in [0.05, 0.1) is 16.0 Å². The van der Waals surface area contributed by atoms with Gasteiger partial charge < -0.3 is 14.0 Å². The van der Waals surface area contributed by atoms with Gasteiger partial charge in [0.15, 0.2) is 0 Å². The maximum atomic E-state index is 12.8. The molecule has 0 saturated heterocycles. The van der Waals surface area contributed by atoms with Gasteiger partial charge in [-0.25, -0.2) is 18.0 Å². The van der Waals surface area contributed by atoms with Crippen molar-refractivity contribution in [3.63, 3.8) is 0 Å². The predicted molar refractivity (Wildman–Crippen MR) is 168 cm³/mol. The molecule has 0 aromatic heterocycles. The van der Waals surface area contributed by atoms with Crippen molar-refractivity contribution in [1.82, 2.24) is 0 Å². The van der Waals surface area contributed by atoms with Gasteiger partial charge in [-0.1, -0.05) is 134 Å². The van der Waals surface area contributed by atoms with E-state index in [4.69, 9.17) is 9.47 Å². The van der Waals surface area contributed by atoms with Crippen LogP contribution in [-0.4, -0.2) is 38.1 Å². The predicted octanol–water partition coefficient (Wildman–Crippen LogP) is 6.08. The first-order chi connectivity index (χ1) is 20.3. The summed E-state index contributed by atoms with van der Waals surface area (Å²) in [6, 6.07) is 3.49. The SMILES string of the molecule is CCCCCCCCCC/C=C/COC(=O)c1cccc(S(=O)(=O)[O-])c1C(=O)OC/C=C/CCCCCCCCCC.[Na+]. The Morgan fingerprint density at radius 1 is 0.651 bits per heavy atom. The number of carbonyl (C=O) groups excluding carboxylic acids is 2. The summed E-state index contributed by atoms with van der Waals surface area (Å²) < 4.78 is 46.0. The van der Waals surface area contributed by atoms with Crippen LogP contribution < -0.4 is 29.6 Å². The summed E-state index contributed by atoms with van der Waals surface area (Å²) in [7, 11) is -5.03. The van der Waals surface area contributed by atoms with Crippen LogP contribution in [0.3, 0.4) is 0 Å². The van der Waals surface area contributed by atoms with Crippen LogP contribution in [-0.2, 0) is 19.6 Å². The van der Waals surface area contributed by atoms with Crippen molar-refractivity contribution in [1.29, 1.82) is 0 Å². The molecule has 0 radical (unpaired) electrons. The first kappa shape index (κ1) is 41.5. The molecule has 0 N–H and O–H groups in total. The standard InChI is InChI=1S/C34H54O7S.Na/c1-3-5-7-9-11-13-15-17-19-21-23-28-40-33(35)30-26-25-27-31(42(37,38)39)32(30)34(36)41-29-24-22-20-18-16-14-12-10-8-6-4-2;/h21-27H,3-20,28-29H2,1-2H3,(H,37,38,39);/q;+1/p-1/b23-21+,24-22+;. The van der Waals surface area contributed by atoms with E-state index < -0.39 is 32.5 Å². The van der Waals surface area contributed by atoms with Crippen LogP contribution in [0.2, 0.25) is 0 Å². The minimum absolute atomic E-state index is 0. The molecule has 7 nitrogen and oxygen atoms in total. The second-order valence-corrected chi connectivity index (χ2v) is 12.1. The van der Waals surface area contributed by atoms with Crippen LogP contribution in [0.25, 0.3) is 0 Å². The second-order valence-electron chi connectivity index (χ2n) is 10.8. The molecule has 0 fully saturated rings. The summed E-state index contributed by atoms with van der Waals surface area (Å²) in [6.07, 6.45) is 28.6. The van der Waals surface area contributed by atoms with E-state index in [-0.39, 0.29) is 48.3 Å². The molecule has 0 saturated carbocycles. The summed E-state index contributed by atoms with van der Waals surface area (Å²) in [6.45, 7) is 4.29. The molecule has 43 heavy (non-hydrogen) atoms. The molecule has 0 aliphatic heterocycles. The van der Waals surface area contributed by atoms with Crippen LogP contribution in [0.1, 0.15) is 150 Å². The summed E-state index contributed by atoms with van der Waals surface area (Å²) in [4.78, 5) is 24.7. The number of benzene rings is 1. The Kier molecular flexibility index (Phi) is 26.0. The molecule has 0 bridgehead atoms. The average molecular weight is 629 g/mol. The maximum absolute atomic E-state index is 12.8. The van der Waals surface area contributed by atoms with Gasteiger partial charge in [-0.05, 0) is 37.8 Å². The van der Waals surface area contributed by atoms with Crippen LogP contribution in [0, 0.1) is 0 Å². The minimum Gasteiger partial charge on any atom is -0.744 e. The Hall–Kier alpha value is -1.45. The van der Waals surface area contributed by atoms with Gasteiger partial charge in [-0.2, -0.15) is 0 Å². The Balaban J connectivity index is 0.0000176. The van der Waals surface area contributed by atoms with Crippen LogP contribution in [0.4, 0.5) is 0 Å². The third-order valence-corrected chi connectivity index (χ3v) is 8.00. The van der Waals surface area contributed by atoms with Gasteiger partial charge in [0, 0.05) is 0 Å². The first-order valence-corrected chi connectivity index (χ1v) is 17.5. The van der Waals surface area contributed by atoms with E-state index >= 15 is 0 Å². The van der Waals surface area contributed by atoms with Gasteiger partial charge in [-0.15, -0.1) is 0 Å². The summed E-state index contributed by atoms with van der Waals surface area (Å²) in [5.41, 5.74) is -0.895. The van der Waals surface area contributed by atoms with E-state index in [2.05, 4.69) is 13.8 Å². The molecule has 0 unspecified atom stereocenters. The monoisotopic (exact) mass is 628 g/mol. The molecule has 0 atom stereocenters. The fraction of sp³-hybridized carbons (Fsp3) is 0.647. The Morgan fingerprint density at radius 3 is 1.51 bits per heavy atom. The quantitative estimate of drug-likeness (QED) is 0.0424. The normalized spacial score (nSPS) is 11.6. The van der Waals surface area contributed by atoms with Crippen LogP contribution in [0.5, 0.6) is 0 Å². The van der Waals surface area contributed by atoms with E-state index in [0.29, 0.717) is 0 Å². The molecule has 238 valence electrons. The zero-order chi connectivity index (χ0) is 30.9. The van der Waals surface area contributed by atoms with Crippen molar-refractivity contribution in [2.24, 2.45) is 0 Å². The molecule has 1 rings (SSSR count). The summed E-state index contributed by atoms with van der Waals surface area (Å²) in [5, 5.41) is 0. The van der Waals surface area contributed by atoms with Crippen LogP contribution >= 0.6 is 0 Å². The van der Waals surface area contributed by atoms with E-state index in [1.165, 1.54) is 89.2 Å². The molecular weight excluding hydrogens is 575 g/mol. The van der Waals surface area contributed by atoms with Gasteiger partial charge in [-0.3, -0.25) is 0 Å². The third kappa shape index (κ3) is 20.3. The fourth-order valence-electron chi connectivity index (χ4n) is 4.68. The minimum atomic E-state index is -5.03. The number of ether oxygens (including phenoxy) is 2. The van der Waals surface area contributed by atoms with Crippen molar-refractivity contribution in [2.45, 2.75) is 134 Å².